The van der Waals surface area contributed by atoms with Gasteiger partial charge in [-0.25, -0.2) is 0 Å². The lowest BCUT2D eigenvalue weighted by molar-refractivity contribution is -0.191. The van der Waals surface area contributed by atoms with E-state index in [1.807, 2.05) is 0 Å². The molecule has 1 heterocycles. The highest BCUT2D eigenvalue weighted by molar-refractivity contribution is 5.75. The number of carbonyl (C=O) groups is 1. The molecule has 0 spiro atoms. The Morgan fingerprint density at radius 1 is 1.38 bits per heavy atom. The molecular formula is C5H8NO2. The summed E-state index contributed by atoms with van der Waals surface area (Å²) in [6.07, 6.45) is 2.20. The van der Waals surface area contributed by atoms with Crippen LogP contribution in [0.25, 0.3) is 0 Å². The molecule has 1 amide bonds. The fourth-order valence-corrected chi connectivity index (χ4v) is 0.781. The number of hydrogen-bond acceptors (Lipinski definition) is 1. The normalized spacial score (nSPS) is 21.6. The monoisotopic (exact) mass is 114 g/mol. The lowest BCUT2D eigenvalue weighted by atomic mass is 10.2. The van der Waals surface area contributed by atoms with Gasteiger partial charge in [0, 0.05) is 6.42 Å². The second-order valence-corrected chi connectivity index (χ2v) is 1.95. The number of amides is 1. The van der Waals surface area contributed by atoms with E-state index in [4.69, 9.17) is 0 Å². The first-order valence-corrected chi connectivity index (χ1v) is 2.78. The van der Waals surface area contributed by atoms with E-state index in [1.165, 1.54) is 0 Å². The molecule has 3 heteroatoms. The van der Waals surface area contributed by atoms with Crippen LogP contribution >= 0.6 is 0 Å². The van der Waals surface area contributed by atoms with Gasteiger partial charge in [0.05, 0.1) is 6.54 Å². The molecule has 0 aromatic carbocycles. The zero-order chi connectivity index (χ0) is 5.98. The van der Waals surface area contributed by atoms with Crippen molar-refractivity contribution in [2.24, 2.45) is 0 Å². The van der Waals surface area contributed by atoms with Gasteiger partial charge in [-0.15, -0.1) is 0 Å². The molecule has 3 nitrogen and oxygen atoms in total. The minimum atomic E-state index is -0.253. The first-order chi connectivity index (χ1) is 3.80. The molecule has 0 saturated carbocycles. The molecule has 0 atom stereocenters. The van der Waals surface area contributed by atoms with Gasteiger partial charge in [0.15, 0.2) is 0 Å². The van der Waals surface area contributed by atoms with Crippen molar-refractivity contribution in [2.75, 3.05) is 6.54 Å². The van der Waals surface area contributed by atoms with E-state index < -0.39 is 0 Å². The molecule has 0 unspecified atom stereocenters. The highest BCUT2D eigenvalue weighted by atomic mass is 16.5. The van der Waals surface area contributed by atoms with Crippen LogP contribution in [0.15, 0.2) is 0 Å². The predicted octanol–water partition coefficient (Wildman–Crippen LogP) is 0.344. The van der Waals surface area contributed by atoms with Crippen LogP contribution in [-0.4, -0.2) is 17.5 Å². The first-order valence-electron chi connectivity index (χ1n) is 2.78. The topological polar surface area (TPSA) is 40.2 Å². The summed E-state index contributed by atoms with van der Waals surface area (Å²) in [6, 6.07) is 0. The SMILES string of the molecule is [O]N1CCCCC1=O. The number of rotatable bonds is 0. The molecular weight excluding hydrogens is 106 g/mol. The van der Waals surface area contributed by atoms with Crippen molar-refractivity contribution in [3.05, 3.63) is 0 Å². The van der Waals surface area contributed by atoms with Crippen LogP contribution in [0.4, 0.5) is 0 Å². The van der Waals surface area contributed by atoms with E-state index in [1.54, 1.807) is 0 Å². The van der Waals surface area contributed by atoms with Crippen molar-refractivity contribution in [1.82, 2.24) is 5.06 Å². The third-order valence-electron chi connectivity index (χ3n) is 1.28. The fourth-order valence-electron chi connectivity index (χ4n) is 0.781. The molecule has 0 bridgehead atoms. The fraction of sp³-hybridized carbons (Fsp3) is 0.800. The van der Waals surface area contributed by atoms with Crippen molar-refractivity contribution in [1.29, 1.82) is 0 Å². The van der Waals surface area contributed by atoms with Crippen LogP contribution in [0.2, 0.25) is 0 Å². The van der Waals surface area contributed by atoms with Crippen LogP contribution < -0.4 is 0 Å². The Kier molecular flexibility index (Phi) is 1.48. The Balaban J connectivity index is 2.39. The Bertz CT molecular complexity index is 103. The molecule has 1 aliphatic rings. The van der Waals surface area contributed by atoms with Crippen LogP contribution in [-0.2, 0) is 10.0 Å². The van der Waals surface area contributed by atoms with Gasteiger partial charge in [0.1, 0.15) is 0 Å². The highest BCUT2D eigenvalue weighted by Gasteiger charge is 2.15. The predicted molar refractivity (Wildman–Crippen MR) is 26.3 cm³/mol. The van der Waals surface area contributed by atoms with Gasteiger partial charge < -0.3 is 0 Å². The summed E-state index contributed by atoms with van der Waals surface area (Å²) in [6.45, 7) is 0.402. The zero-order valence-electron chi connectivity index (χ0n) is 4.59. The maximum atomic E-state index is 10.4. The molecule has 1 aliphatic heterocycles. The molecule has 8 heavy (non-hydrogen) atoms. The molecule has 45 valence electrons. The lowest BCUT2D eigenvalue weighted by Crippen LogP contribution is -2.30. The van der Waals surface area contributed by atoms with Gasteiger partial charge >= 0.3 is 0 Å². The zero-order valence-corrected chi connectivity index (χ0v) is 4.59. The minimum Gasteiger partial charge on any atom is -0.272 e. The Labute approximate surface area is 47.9 Å². The summed E-state index contributed by atoms with van der Waals surface area (Å²) < 4.78 is 0. The molecule has 1 fully saturated rings. The van der Waals surface area contributed by atoms with Crippen LogP contribution in [0.3, 0.4) is 0 Å². The van der Waals surface area contributed by atoms with E-state index in [2.05, 4.69) is 0 Å². The number of carbonyl (C=O) groups excluding carboxylic acids is 1. The van der Waals surface area contributed by atoms with E-state index in [9.17, 15) is 10.0 Å². The van der Waals surface area contributed by atoms with Gasteiger partial charge in [-0.1, -0.05) is 5.21 Å². The molecule has 0 aromatic heterocycles. The number of piperidine rings is 1. The summed E-state index contributed by atoms with van der Waals surface area (Å²) in [5.41, 5.74) is 0. The molecule has 0 N–H and O–H groups in total. The quantitative estimate of drug-likeness (QED) is 0.447. The molecule has 0 aliphatic carbocycles. The van der Waals surface area contributed by atoms with Crippen LogP contribution in [0, 0.1) is 0 Å². The third-order valence-corrected chi connectivity index (χ3v) is 1.28. The van der Waals surface area contributed by atoms with Crippen molar-refractivity contribution >= 4 is 5.91 Å². The summed E-state index contributed by atoms with van der Waals surface area (Å²) in [4.78, 5) is 10.4. The summed E-state index contributed by atoms with van der Waals surface area (Å²) in [5.74, 6) is -0.253. The maximum absolute atomic E-state index is 10.4. The highest BCUT2D eigenvalue weighted by Crippen LogP contribution is 2.07. The average Bonchev–Trinajstić information content (AvgIpc) is 1.77. The van der Waals surface area contributed by atoms with Crippen molar-refractivity contribution < 1.29 is 10.0 Å². The Hall–Kier alpha value is -0.570. The van der Waals surface area contributed by atoms with Gasteiger partial charge in [0.2, 0.25) is 5.91 Å². The molecule has 1 radical (unpaired) electrons. The van der Waals surface area contributed by atoms with Gasteiger partial charge in [-0.2, -0.15) is 5.06 Å². The second-order valence-electron chi connectivity index (χ2n) is 1.95. The average molecular weight is 114 g/mol. The van der Waals surface area contributed by atoms with E-state index in [-0.39, 0.29) is 5.91 Å². The standard InChI is InChI=1S/C5H8NO2/c7-5-3-1-2-4-6(5)8/h1-4H2. The summed E-state index contributed by atoms with van der Waals surface area (Å²) in [5, 5.41) is 10.9. The Morgan fingerprint density at radius 3 is 2.50 bits per heavy atom. The van der Waals surface area contributed by atoms with Crippen LogP contribution in [0.1, 0.15) is 19.3 Å². The molecule has 1 saturated heterocycles. The van der Waals surface area contributed by atoms with Gasteiger partial charge in [-0.3, -0.25) is 4.79 Å². The smallest absolute Gasteiger partial charge is 0.248 e. The lowest BCUT2D eigenvalue weighted by Gasteiger charge is -2.16. The third kappa shape index (κ3) is 0.980. The molecule has 0 aromatic rings. The van der Waals surface area contributed by atoms with Crippen molar-refractivity contribution in [2.45, 2.75) is 19.3 Å². The molecule has 1 rings (SSSR count). The van der Waals surface area contributed by atoms with E-state index in [0.29, 0.717) is 18.0 Å². The van der Waals surface area contributed by atoms with Gasteiger partial charge in [0.25, 0.3) is 0 Å². The largest absolute Gasteiger partial charge is 0.272 e. The second kappa shape index (κ2) is 2.13. The van der Waals surface area contributed by atoms with Crippen molar-refractivity contribution in [3.63, 3.8) is 0 Å². The van der Waals surface area contributed by atoms with Gasteiger partial charge in [-0.05, 0) is 12.8 Å². The maximum Gasteiger partial charge on any atom is 0.248 e. The van der Waals surface area contributed by atoms with E-state index in [0.717, 1.165) is 12.8 Å². The van der Waals surface area contributed by atoms with Crippen LogP contribution in [0.5, 0.6) is 0 Å². The first kappa shape index (κ1) is 5.56. The summed E-state index contributed by atoms with van der Waals surface area (Å²) in [7, 11) is 0. The number of nitrogens with zero attached hydrogens (tertiary/aromatic N) is 1. The number of hydroxylamine groups is 2. The van der Waals surface area contributed by atoms with E-state index >= 15 is 0 Å². The summed E-state index contributed by atoms with van der Waals surface area (Å²) >= 11 is 0. The minimum absolute atomic E-state index is 0.253. The Morgan fingerprint density at radius 2 is 2.12 bits per heavy atom. The van der Waals surface area contributed by atoms with Crippen molar-refractivity contribution in [3.8, 4) is 0 Å². The number of hydrogen-bond donors (Lipinski definition) is 0.